The second-order valence-corrected chi connectivity index (χ2v) is 8.85. The SMILES string of the molecule is COc1ccc(CC(=O)N2C[C@H]3CN(C(=O)c4ccccc4)C[C@@]3(c3nc(C)no3)C2)cc1. The van der Waals surface area contributed by atoms with E-state index < -0.39 is 5.41 Å². The molecule has 33 heavy (non-hydrogen) atoms. The van der Waals surface area contributed by atoms with Gasteiger partial charge in [0.25, 0.3) is 5.91 Å². The molecular formula is C25H26N4O4. The summed E-state index contributed by atoms with van der Waals surface area (Å²) in [6.45, 7) is 3.77. The first-order chi connectivity index (χ1) is 16.0. The van der Waals surface area contributed by atoms with Gasteiger partial charge in [0.15, 0.2) is 5.82 Å². The van der Waals surface area contributed by atoms with Gasteiger partial charge in [0.05, 0.1) is 18.9 Å². The molecule has 170 valence electrons. The number of hydrogen-bond acceptors (Lipinski definition) is 6. The topological polar surface area (TPSA) is 88.8 Å². The maximum absolute atomic E-state index is 13.2. The lowest BCUT2D eigenvalue weighted by Crippen LogP contribution is -2.41. The van der Waals surface area contributed by atoms with Gasteiger partial charge in [0, 0.05) is 37.7 Å². The molecule has 2 aliphatic rings. The van der Waals surface area contributed by atoms with E-state index in [-0.39, 0.29) is 17.7 Å². The third-order valence-electron chi connectivity index (χ3n) is 6.74. The van der Waals surface area contributed by atoms with E-state index in [0.717, 1.165) is 11.3 Å². The molecule has 0 radical (unpaired) electrons. The maximum Gasteiger partial charge on any atom is 0.253 e. The van der Waals surface area contributed by atoms with E-state index >= 15 is 0 Å². The van der Waals surface area contributed by atoms with E-state index in [1.54, 1.807) is 14.0 Å². The number of carbonyl (C=O) groups excluding carboxylic acids is 2. The summed E-state index contributed by atoms with van der Waals surface area (Å²) >= 11 is 0. The molecule has 8 heteroatoms. The summed E-state index contributed by atoms with van der Waals surface area (Å²) in [5, 5.41) is 3.99. The highest BCUT2D eigenvalue weighted by molar-refractivity contribution is 5.94. The number of hydrogen-bond donors (Lipinski definition) is 0. The summed E-state index contributed by atoms with van der Waals surface area (Å²) in [5.74, 6) is 1.88. The predicted molar refractivity (Wildman–Crippen MR) is 120 cm³/mol. The first-order valence-corrected chi connectivity index (χ1v) is 11.0. The largest absolute Gasteiger partial charge is 0.497 e. The molecule has 2 aliphatic heterocycles. The molecule has 1 aromatic heterocycles. The van der Waals surface area contributed by atoms with Crippen molar-refractivity contribution in [2.45, 2.75) is 18.8 Å². The quantitative estimate of drug-likeness (QED) is 0.598. The van der Waals surface area contributed by atoms with Crippen molar-refractivity contribution < 1.29 is 18.8 Å². The van der Waals surface area contributed by atoms with Crippen LogP contribution < -0.4 is 4.74 Å². The number of methoxy groups -OCH3 is 1. The van der Waals surface area contributed by atoms with Crippen LogP contribution >= 0.6 is 0 Å². The number of amides is 2. The van der Waals surface area contributed by atoms with Crippen molar-refractivity contribution in [3.63, 3.8) is 0 Å². The lowest BCUT2D eigenvalue weighted by atomic mass is 9.81. The minimum atomic E-state index is -0.554. The Morgan fingerprint density at radius 3 is 2.42 bits per heavy atom. The molecule has 3 heterocycles. The summed E-state index contributed by atoms with van der Waals surface area (Å²) in [5.41, 5.74) is 1.03. The summed E-state index contributed by atoms with van der Waals surface area (Å²) in [6.07, 6.45) is 0.308. The fourth-order valence-corrected chi connectivity index (χ4v) is 5.00. The van der Waals surface area contributed by atoms with E-state index in [1.807, 2.05) is 64.4 Å². The molecule has 3 aromatic rings. The van der Waals surface area contributed by atoms with E-state index in [2.05, 4.69) is 10.1 Å². The standard InChI is InChI=1S/C25H26N4O4/c1-17-26-24(33-27-17)25-15-28(22(30)12-18-8-10-21(32-2)11-9-18)13-20(25)14-29(16-25)23(31)19-6-4-3-5-7-19/h3-11,20H,12-16H2,1-2H3/t20-,25-/m0/s1. The lowest BCUT2D eigenvalue weighted by Gasteiger charge is -2.26. The Morgan fingerprint density at radius 1 is 1.06 bits per heavy atom. The van der Waals surface area contributed by atoms with Crippen LogP contribution in [0.25, 0.3) is 0 Å². The highest BCUT2D eigenvalue weighted by Gasteiger charge is 2.58. The van der Waals surface area contributed by atoms with Crippen molar-refractivity contribution >= 4 is 11.8 Å². The highest BCUT2D eigenvalue weighted by Crippen LogP contribution is 2.44. The first kappa shape index (κ1) is 21.2. The second kappa shape index (κ2) is 8.35. The van der Waals surface area contributed by atoms with E-state index in [0.29, 0.717) is 49.9 Å². The minimum Gasteiger partial charge on any atom is -0.497 e. The number of aromatic nitrogens is 2. The predicted octanol–water partition coefficient (Wildman–Crippen LogP) is 2.48. The van der Waals surface area contributed by atoms with Gasteiger partial charge in [-0.15, -0.1) is 0 Å². The molecule has 2 aromatic carbocycles. The van der Waals surface area contributed by atoms with Crippen LogP contribution in [-0.2, 0) is 16.6 Å². The number of likely N-dealkylation sites (tertiary alicyclic amines) is 2. The van der Waals surface area contributed by atoms with E-state index in [1.165, 1.54) is 0 Å². The van der Waals surface area contributed by atoms with Crippen molar-refractivity contribution in [1.29, 1.82) is 0 Å². The van der Waals surface area contributed by atoms with Crippen LogP contribution in [0.5, 0.6) is 5.75 Å². The third kappa shape index (κ3) is 3.86. The number of ether oxygens (including phenoxy) is 1. The summed E-state index contributed by atoms with van der Waals surface area (Å²) in [7, 11) is 1.62. The van der Waals surface area contributed by atoms with Crippen LogP contribution in [0.15, 0.2) is 59.1 Å². The van der Waals surface area contributed by atoms with Crippen molar-refractivity contribution in [2.75, 3.05) is 33.3 Å². The van der Waals surface area contributed by atoms with Crippen LogP contribution in [0, 0.1) is 12.8 Å². The maximum atomic E-state index is 13.2. The van der Waals surface area contributed by atoms with Crippen molar-refractivity contribution in [3.8, 4) is 5.75 Å². The second-order valence-electron chi connectivity index (χ2n) is 8.85. The monoisotopic (exact) mass is 446 g/mol. The number of nitrogens with zero attached hydrogens (tertiary/aromatic N) is 4. The van der Waals surface area contributed by atoms with E-state index in [9.17, 15) is 9.59 Å². The Kier molecular flexibility index (Phi) is 5.36. The van der Waals surface area contributed by atoms with Gasteiger partial charge in [-0.3, -0.25) is 9.59 Å². The normalized spacial score (nSPS) is 21.8. The van der Waals surface area contributed by atoms with Gasteiger partial charge in [-0.05, 0) is 36.8 Å². The molecule has 2 amide bonds. The molecule has 5 rings (SSSR count). The Balaban J connectivity index is 1.37. The molecule has 8 nitrogen and oxygen atoms in total. The van der Waals surface area contributed by atoms with Crippen LogP contribution in [-0.4, -0.2) is 65.0 Å². The Bertz CT molecular complexity index is 1160. The van der Waals surface area contributed by atoms with Gasteiger partial charge in [0.1, 0.15) is 5.75 Å². The molecule has 0 bridgehead atoms. The number of carbonyl (C=O) groups is 2. The zero-order chi connectivity index (χ0) is 23.0. The van der Waals surface area contributed by atoms with Crippen molar-refractivity contribution in [2.24, 2.45) is 5.92 Å². The molecule has 0 N–H and O–H groups in total. The fourth-order valence-electron chi connectivity index (χ4n) is 5.00. The van der Waals surface area contributed by atoms with Gasteiger partial charge in [0.2, 0.25) is 11.8 Å². The molecule has 0 aliphatic carbocycles. The van der Waals surface area contributed by atoms with Crippen LogP contribution in [0.1, 0.15) is 27.6 Å². The summed E-state index contributed by atoms with van der Waals surface area (Å²) in [4.78, 5) is 34.5. The van der Waals surface area contributed by atoms with E-state index in [4.69, 9.17) is 9.26 Å². The minimum absolute atomic E-state index is 0.0169. The van der Waals surface area contributed by atoms with Crippen LogP contribution in [0.4, 0.5) is 0 Å². The van der Waals surface area contributed by atoms with Gasteiger partial charge < -0.3 is 19.1 Å². The van der Waals surface area contributed by atoms with Crippen molar-refractivity contribution in [3.05, 3.63) is 77.4 Å². The van der Waals surface area contributed by atoms with Gasteiger partial charge >= 0.3 is 0 Å². The Hall–Kier alpha value is -3.68. The number of benzene rings is 2. The van der Waals surface area contributed by atoms with Crippen LogP contribution in [0.3, 0.4) is 0 Å². The van der Waals surface area contributed by atoms with Crippen LogP contribution in [0.2, 0.25) is 0 Å². The molecule has 2 saturated heterocycles. The molecule has 2 atom stereocenters. The summed E-state index contributed by atoms with van der Waals surface area (Å²) in [6, 6.07) is 16.8. The third-order valence-corrected chi connectivity index (χ3v) is 6.74. The number of aryl methyl sites for hydroxylation is 1. The molecule has 0 unspecified atom stereocenters. The number of fused-ring (bicyclic) bond motifs is 1. The Labute approximate surface area is 192 Å². The van der Waals surface area contributed by atoms with Gasteiger partial charge in [-0.25, -0.2) is 0 Å². The molecule has 2 fully saturated rings. The van der Waals surface area contributed by atoms with Crippen molar-refractivity contribution in [1.82, 2.24) is 19.9 Å². The zero-order valence-corrected chi connectivity index (χ0v) is 18.7. The van der Waals surface area contributed by atoms with Gasteiger partial charge in [-0.1, -0.05) is 35.5 Å². The fraction of sp³-hybridized carbons (Fsp3) is 0.360. The Morgan fingerprint density at radius 2 is 1.76 bits per heavy atom. The smallest absolute Gasteiger partial charge is 0.253 e. The zero-order valence-electron chi connectivity index (χ0n) is 18.7. The first-order valence-electron chi connectivity index (χ1n) is 11.0. The highest BCUT2D eigenvalue weighted by atomic mass is 16.5. The lowest BCUT2D eigenvalue weighted by molar-refractivity contribution is -0.129. The average molecular weight is 447 g/mol. The molecule has 0 spiro atoms. The molecule has 0 saturated carbocycles. The van der Waals surface area contributed by atoms with Gasteiger partial charge in [-0.2, -0.15) is 4.98 Å². The average Bonchev–Trinajstić information content (AvgIpc) is 3.52. The number of rotatable bonds is 5. The molecular weight excluding hydrogens is 420 g/mol. The summed E-state index contributed by atoms with van der Waals surface area (Å²) < 4.78 is 10.8.